The zero-order valence-corrected chi connectivity index (χ0v) is 10.7. The molecule has 1 atom stereocenters. The molecule has 0 aliphatic carbocycles. The Morgan fingerprint density at radius 1 is 1.00 bits per heavy atom. The third-order valence-corrected chi connectivity index (χ3v) is 3.34. The fourth-order valence-electron chi connectivity index (χ4n) is 1.97. The summed E-state index contributed by atoms with van der Waals surface area (Å²) < 4.78 is 0. The van der Waals surface area contributed by atoms with Crippen LogP contribution in [0.4, 0.5) is 0 Å². The van der Waals surface area contributed by atoms with E-state index in [0.717, 1.165) is 6.54 Å². The van der Waals surface area contributed by atoms with E-state index in [-0.39, 0.29) is 0 Å². The molecule has 14 heavy (non-hydrogen) atoms. The molecule has 0 amide bonds. The second kappa shape index (κ2) is 8.28. The predicted molar refractivity (Wildman–Crippen MR) is 65.7 cm³/mol. The highest BCUT2D eigenvalue weighted by atomic mass is 14.8. The average Bonchev–Trinajstić information content (AvgIpc) is 2.18. The molecule has 0 fully saturated rings. The minimum absolute atomic E-state index is 0.529. The molecule has 0 radical (unpaired) electrons. The molecule has 0 aliphatic heterocycles. The summed E-state index contributed by atoms with van der Waals surface area (Å²) in [6.45, 7) is 8.15. The molecular weight excluding hydrogens is 170 g/mol. The zero-order chi connectivity index (χ0) is 10.9. The minimum Gasteiger partial charge on any atom is -0.319 e. The van der Waals surface area contributed by atoms with Crippen molar-refractivity contribution in [2.24, 2.45) is 5.41 Å². The van der Waals surface area contributed by atoms with Crippen molar-refractivity contribution in [2.75, 3.05) is 13.6 Å². The van der Waals surface area contributed by atoms with Gasteiger partial charge in [-0.05, 0) is 25.3 Å². The van der Waals surface area contributed by atoms with Crippen LogP contribution in [0.15, 0.2) is 0 Å². The van der Waals surface area contributed by atoms with Gasteiger partial charge < -0.3 is 5.32 Å². The highest BCUT2D eigenvalue weighted by molar-refractivity contribution is 4.74. The van der Waals surface area contributed by atoms with Gasteiger partial charge in [0.25, 0.3) is 0 Å². The monoisotopic (exact) mass is 199 g/mol. The van der Waals surface area contributed by atoms with Gasteiger partial charge in [-0.15, -0.1) is 0 Å². The minimum atomic E-state index is 0.529. The van der Waals surface area contributed by atoms with Crippen LogP contribution in [0.1, 0.15) is 65.7 Å². The lowest BCUT2D eigenvalue weighted by Crippen LogP contribution is -2.28. The molecule has 0 aromatic carbocycles. The third-order valence-electron chi connectivity index (χ3n) is 3.34. The molecule has 0 aliphatic rings. The van der Waals surface area contributed by atoms with Crippen LogP contribution < -0.4 is 5.32 Å². The van der Waals surface area contributed by atoms with Gasteiger partial charge in [-0.25, -0.2) is 0 Å². The normalized spacial score (nSPS) is 15.4. The fourth-order valence-corrected chi connectivity index (χ4v) is 1.97. The van der Waals surface area contributed by atoms with E-state index < -0.39 is 0 Å². The summed E-state index contributed by atoms with van der Waals surface area (Å²) in [5.74, 6) is 0. The molecule has 0 rings (SSSR count). The largest absolute Gasteiger partial charge is 0.319 e. The Labute approximate surface area is 90.7 Å². The van der Waals surface area contributed by atoms with Crippen molar-refractivity contribution in [3.05, 3.63) is 0 Å². The number of unbranched alkanes of at least 4 members (excludes halogenated alkanes) is 4. The molecule has 1 nitrogen and oxygen atoms in total. The predicted octanol–water partition coefficient (Wildman–Crippen LogP) is 3.98. The zero-order valence-electron chi connectivity index (χ0n) is 10.7. The number of hydrogen-bond donors (Lipinski definition) is 1. The van der Waals surface area contributed by atoms with Gasteiger partial charge in [0.15, 0.2) is 0 Å². The maximum Gasteiger partial charge on any atom is 0.000205 e. The van der Waals surface area contributed by atoms with Gasteiger partial charge in [0.1, 0.15) is 0 Å². The molecule has 0 aromatic heterocycles. The van der Waals surface area contributed by atoms with Gasteiger partial charge >= 0.3 is 0 Å². The van der Waals surface area contributed by atoms with E-state index in [0.29, 0.717) is 5.41 Å². The summed E-state index contributed by atoms with van der Waals surface area (Å²) in [6, 6.07) is 0. The lowest BCUT2D eigenvalue weighted by molar-refractivity contribution is 0.266. The fraction of sp³-hybridized carbons (Fsp3) is 1.00. The smallest absolute Gasteiger partial charge is 0.000205 e. The Balaban J connectivity index is 3.51. The van der Waals surface area contributed by atoms with Gasteiger partial charge in [-0.2, -0.15) is 0 Å². The SMILES string of the molecule is CCCCCCCC(C)(CC)CNC. The van der Waals surface area contributed by atoms with Crippen LogP contribution in [0.3, 0.4) is 0 Å². The van der Waals surface area contributed by atoms with Crippen molar-refractivity contribution in [3.63, 3.8) is 0 Å². The van der Waals surface area contributed by atoms with Crippen molar-refractivity contribution in [1.29, 1.82) is 0 Å². The summed E-state index contributed by atoms with van der Waals surface area (Å²) in [4.78, 5) is 0. The first-order valence-electron chi connectivity index (χ1n) is 6.33. The lowest BCUT2D eigenvalue weighted by atomic mass is 9.82. The molecule has 86 valence electrons. The first-order chi connectivity index (χ1) is 6.68. The molecule has 1 unspecified atom stereocenters. The first-order valence-corrected chi connectivity index (χ1v) is 6.33. The highest BCUT2D eigenvalue weighted by Gasteiger charge is 2.19. The standard InChI is InChI=1S/C13H29N/c1-5-7-8-9-10-11-13(3,6-2)12-14-4/h14H,5-12H2,1-4H3. The molecule has 0 aromatic rings. The van der Waals surface area contributed by atoms with E-state index in [9.17, 15) is 0 Å². The van der Waals surface area contributed by atoms with Gasteiger partial charge in [-0.3, -0.25) is 0 Å². The van der Waals surface area contributed by atoms with Crippen molar-refractivity contribution in [3.8, 4) is 0 Å². The summed E-state index contributed by atoms with van der Waals surface area (Å²) >= 11 is 0. The summed E-state index contributed by atoms with van der Waals surface area (Å²) in [5, 5.41) is 3.31. The van der Waals surface area contributed by atoms with Gasteiger partial charge in [0, 0.05) is 6.54 Å². The van der Waals surface area contributed by atoms with E-state index in [1.54, 1.807) is 0 Å². The van der Waals surface area contributed by atoms with Crippen LogP contribution in [0, 0.1) is 5.41 Å². The molecule has 1 heteroatoms. The molecule has 0 heterocycles. The molecular formula is C13H29N. The van der Waals surface area contributed by atoms with E-state index in [1.807, 2.05) is 0 Å². The molecule has 0 spiro atoms. The Morgan fingerprint density at radius 3 is 2.14 bits per heavy atom. The number of nitrogens with one attached hydrogen (secondary N) is 1. The molecule has 0 saturated carbocycles. The molecule has 1 N–H and O–H groups in total. The second-order valence-corrected chi connectivity index (χ2v) is 4.86. The molecule has 0 saturated heterocycles. The van der Waals surface area contributed by atoms with Gasteiger partial charge in [0.2, 0.25) is 0 Å². The highest BCUT2D eigenvalue weighted by Crippen LogP contribution is 2.27. The third kappa shape index (κ3) is 6.42. The number of hydrogen-bond acceptors (Lipinski definition) is 1. The van der Waals surface area contributed by atoms with Crippen LogP contribution in [0.5, 0.6) is 0 Å². The van der Waals surface area contributed by atoms with Crippen molar-refractivity contribution in [1.82, 2.24) is 5.32 Å². The van der Waals surface area contributed by atoms with Crippen LogP contribution in [0.25, 0.3) is 0 Å². The van der Waals surface area contributed by atoms with Crippen LogP contribution in [0.2, 0.25) is 0 Å². The lowest BCUT2D eigenvalue weighted by Gasteiger charge is -2.28. The van der Waals surface area contributed by atoms with E-state index in [1.165, 1.54) is 44.9 Å². The summed E-state index contributed by atoms with van der Waals surface area (Å²) in [5.41, 5.74) is 0.529. The van der Waals surface area contributed by atoms with E-state index in [2.05, 4.69) is 33.1 Å². The maximum absolute atomic E-state index is 3.31. The summed E-state index contributed by atoms with van der Waals surface area (Å²) in [7, 11) is 2.06. The van der Waals surface area contributed by atoms with Crippen LogP contribution >= 0.6 is 0 Å². The van der Waals surface area contributed by atoms with E-state index >= 15 is 0 Å². The maximum atomic E-state index is 3.31. The topological polar surface area (TPSA) is 12.0 Å². The van der Waals surface area contributed by atoms with Gasteiger partial charge in [0.05, 0.1) is 0 Å². The van der Waals surface area contributed by atoms with Crippen molar-refractivity contribution < 1.29 is 0 Å². The Morgan fingerprint density at radius 2 is 1.64 bits per heavy atom. The average molecular weight is 199 g/mol. The molecule has 0 bridgehead atoms. The Kier molecular flexibility index (Phi) is 8.26. The van der Waals surface area contributed by atoms with E-state index in [4.69, 9.17) is 0 Å². The van der Waals surface area contributed by atoms with Crippen molar-refractivity contribution >= 4 is 0 Å². The quantitative estimate of drug-likeness (QED) is 0.554. The van der Waals surface area contributed by atoms with Gasteiger partial charge in [-0.1, -0.05) is 52.9 Å². The Bertz CT molecular complexity index is 122. The van der Waals surface area contributed by atoms with Crippen LogP contribution in [-0.2, 0) is 0 Å². The Hall–Kier alpha value is -0.0400. The first kappa shape index (κ1) is 14.0. The number of rotatable bonds is 9. The summed E-state index contributed by atoms with van der Waals surface area (Å²) in [6.07, 6.45) is 9.70. The van der Waals surface area contributed by atoms with Crippen LogP contribution in [-0.4, -0.2) is 13.6 Å². The second-order valence-electron chi connectivity index (χ2n) is 4.86. The van der Waals surface area contributed by atoms with Crippen molar-refractivity contribution in [2.45, 2.75) is 65.7 Å².